The van der Waals surface area contributed by atoms with Gasteiger partial charge in [0.05, 0.1) is 13.2 Å². The van der Waals surface area contributed by atoms with Crippen LogP contribution in [0.2, 0.25) is 0 Å². The summed E-state index contributed by atoms with van der Waals surface area (Å²) >= 11 is 0. The summed E-state index contributed by atoms with van der Waals surface area (Å²) in [6.07, 6.45) is 52.8. The quantitative estimate of drug-likeness (QED) is 0.0390. The molecule has 1 N–H and O–H groups in total. The molecule has 0 aliphatic heterocycles. The van der Waals surface area contributed by atoms with E-state index < -0.39 is 6.10 Å². The maximum absolute atomic E-state index is 12.2. The van der Waals surface area contributed by atoms with Gasteiger partial charge in [0.1, 0.15) is 6.10 Å². The predicted octanol–water partition coefficient (Wildman–Crippen LogP) is 14.9. The summed E-state index contributed by atoms with van der Waals surface area (Å²) in [6.45, 7) is 5.39. The Hall–Kier alpha value is -0.870. The van der Waals surface area contributed by atoms with E-state index in [0.29, 0.717) is 19.6 Å². The van der Waals surface area contributed by atoms with Gasteiger partial charge >= 0.3 is 5.97 Å². The SMILES string of the molecule is CCCCCCCC/C=C\CCCCCCCCCCCCOCC(CO)OC(=O)CCCCCCCCCCCCCCCCCCCC. The highest BCUT2D eigenvalue weighted by Crippen LogP contribution is 2.16. The molecule has 1 unspecified atom stereocenters. The number of aliphatic hydroxyl groups excluding tert-OH is 1. The first kappa shape index (κ1) is 49.1. The van der Waals surface area contributed by atoms with Crippen LogP contribution in [0.3, 0.4) is 0 Å². The number of hydrogen-bond donors (Lipinski definition) is 1. The maximum atomic E-state index is 12.2. The zero-order valence-corrected chi connectivity index (χ0v) is 34.2. The number of esters is 1. The monoisotopic (exact) mass is 707 g/mol. The fourth-order valence-electron chi connectivity index (χ4n) is 6.91. The van der Waals surface area contributed by atoms with Crippen molar-refractivity contribution in [2.75, 3.05) is 19.8 Å². The van der Waals surface area contributed by atoms with Crippen molar-refractivity contribution in [1.82, 2.24) is 0 Å². The molecule has 0 bridgehead atoms. The van der Waals surface area contributed by atoms with E-state index in [4.69, 9.17) is 9.47 Å². The van der Waals surface area contributed by atoms with Crippen LogP contribution in [0, 0.1) is 0 Å². The van der Waals surface area contributed by atoms with Crippen LogP contribution in [0.25, 0.3) is 0 Å². The van der Waals surface area contributed by atoms with E-state index in [1.165, 1.54) is 212 Å². The van der Waals surface area contributed by atoms with Gasteiger partial charge in [-0.25, -0.2) is 0 Å². The highest BCUT2D eigenvalue weighted by Gasteiger charge is 2.13. The summed E-state index contributed by atoms with van der Waals surface area (Å²) in [5, 5.41) is 9.61. The standard InChI is InChI=1S/C46H90O4/c1-3-5-7-9-11-13-15-17-19-21-23-24-26-28-30-32-34-36-38-40-42-49-44-45(43-47)50-46(48)41-39-37-35-33-31-29-27-25-22-20-18-16-14-12-10-8-6-4-2/h17,19,45,47H,3-16,18,20-44H2,1-2H3/b19-17-. The van der Waals surface area contributed by atoms with Crippen LogP contribution < -0.4 is 0 Å². The lowest BCUT2D eigenvalue weighted by molar-refractivity contribution is -0.154. The molecule has 50 heavy (non-hydrogen) atoms. The lowest BCUT2D eigenvalue weighted by Gasteiger charge is -2.16. The van der Waals surface area contributed by atoms with Crippen LogP contribution in [0.15, 0.2) is 12.2 Å². The van der Waals surface area contributed by atoms with Crippen LogP contribution >= 0.6 is 0 Å². The average molecular weight is 707 g/mol. The van der Waals surface area contributed by atoms with E-state index in [0.717, 1.165) is 19.3 Å². The lowest BCUT2D eigenvalue weighted by atomic mass is 10.0. The molecule has 0 heterocycles. The average Bonchev–Trinajstić information content (AvgIpc) is 3.12. The molecule has 0 aromatic heterocycles. The summed E-state index contributed by atoms with van der Waals surface area (Å²) < 4.78 is 11.2. The van der Waals surface area contributed by atoms with Crippen LogP contribution in [-0.4, -0.2) is 37.0 Å². The van der Waals surface area contributed by atoms with Crippen molar-refractivity contribution < 1.29 is 19.4 Å². The van der Waals surface area contributed by atoms with E-state index in [1.807, 2.05) is 0 Å². The summed E-state index contributed by atoms with van der Waals surface area (Å²) in [4.78, 5) is 12.2. The largest absolute Gasteiger partial charge is 0.457 e. The smallest absolute Gasteiger partial charge is 0.306 e. The fraction of sp³-hybridized carbons (Fsp3) is 0.935. The number of unbranched alkanes of at least 4 members (excludes halogenated alkanes) is 33. The molecule has 0 aliphatic rings. The molecule has 4 heteroatoms. The van der Waals surface area contributed by atoms with E-state index >= 15 is 0 Å². The summed E-state index contributed by atoms with van der Waals surface area (Å²) in [7, 11) is 0. The zero-order valence-electron chi connectivity index (χ0n) is 34.2. The van der Waals surface area contributed by atoms with Gasteiger partial charge in [0.15, 0.2) is 0 Å². The number of carbonyl (C=O) groups is 1. The lowest BCUT2D eigenvalue weighted by Crippen LogP contribution is -2.27. The first-order valence-corrected chi connectivity index (χ1v) is 22.8. The molecular formula is C46H90O4. The third-order valence-electron chi connectivity index (χ3n) is 10.3. The second-order valence-electron chi connectivity index (χ2n) is 15.5. The number of aliphatic hydroxyl groups is 1. The van der Waals surface area contributed by atoms with Crippen LogP contribution in [-0.2, 0) is 14.3 Å². The Kier molecular flexibility index (Phi) is 43.5. The Morgan fingerprint density at radius 1 is 0.460 bits per heavy atom. The van der Waals surface area contributed by atoms with Crippen molar-refractivity contribution in [2.45, 2.75) is 258 Å². The summed E-state index contributed by atoms with van der Waals surface area (Å²) in [6, 6.07) is 0. The number of ether oxygens (including phenoxy) is 2. The van der Waals surface area contributed by atoms with E-state index in [-0.39, 0.29) is 12.6 Å². The molecule has 0 aliphatic carbocycles. The molecular weight excluding hydrogens is 617 g/mol. The van der Waals surface area contributed by atoms with Gasteiger partial charge in [-0.2, -0.15) is 0 Å². The normalized spacial score (nSPS) is 12.3. The molecule has 0 saturated heterocycles. The summed E-state index contributed by atoms with van der Waals surface area (Å²) in [5.74, 6) is -0.195. The maximum Gasteiger partial charge on any atom is 0.306 e. The van der Waals surface area contributed by atoms with E-state index in [1.54, 1.807) is 0 Å². The minimum absolute atomic E-state index is 0.166. The van der Waals surface area contributed by atoms with Crippen molar-refractivity contribution in [3.05, 3.63) is 12.2 Å². The minimum Gasteiger partial charge on any atom is -0.457 e. The second kappa shape index (κ2) is 44.3. The van der Waals surface area contributed by atoms with Crippen molar-refractivity contribution in [3.63, 3.8) is 0 Å². The van der Waals surface area contributed by atoms with Crippen molar-refractivity contribution >= 4 is 5.97 Å². The number of rotatable bonds is 43. The van der Waals surface area contributed by atoms with Crippen LogP contribution in [0.5, 0.6) is 0 Å². The second-order valence-corrected chi connectivity index (χ2v) is 15.5. The van der Waals surface area contributed by atoms with Crippen LogP contribution in [0.1, 0.15) is 251 Å². The first-order chi connectivity index (χ1) is 24.7. The third kappa shape index (κ3) is 41.5. The van der Waals surface area contributed by atoms with Gasteiger partial charge in [0.2, 0.25) is 0 Å². The van der Waals surface area contributed by atoms with Gasteiger partial charge < -0.3 is 14.6 Å². The molecule has 0 aromatic rings. The Morgan fingerprint density at radius 2 is 0.780 bits per heavy atom. The van der Waals surface area contributed by atoms with Crippen molar-refractivity contribution in [2.24, 2.45) is 0 Å². The van der Waals surface area contributed by atoms with E-state index in [9.17, 15) is 9.90 Å². The molecule has 4 nitrogen and oxygen atoms in total. The zero-order chi connectivity index (χ0) is 36.3. The molecule has 1 atom stereocenters. The Morgan fingerprint density at radius 3 is 1.14 bits per heavy atom. The molecule has 0 radical (unpaired) electrons. The Balaban J connectivity index is 3.37. The molecule has 0 amide bonds. The van der Waals surface area contributed by atoms with Crippen molar-refractivity contribution in [3.8, 4) is 0 Å². The fourth-order valence-corrected chi connectivity index (χ4v) is 6.91. The number of hydrogen-bond acceptors (Lipinski definition) is 4. The Bertz CT molecular complexity index is 663. The Labute approximate surface area is 314 Å². The predicted molar refractivity (Wildman–Crippen MR) is 219 cm³/mol. The van der Waals surface area contributed by atoms with Gasteiger partial charge in [-0.15, -0.1) is 0 Å². The van der Waals surface area contributed by atoms with Crippen LogP contribution in [0.4, 0.5) is 0 Å². The number of allylic oxidation sites excluding steroid dienone is 2. The molecule has 298 valence electrons. The van der Waals surface area contributed by atoms with Gasteiger partial charge in [0.25, 0.3) is 0 Å². The molecule has 0 rings (SSSR count). The highest BCUT2D eigenvalue weighted by molar-refractivity contribution is 5.69. The minimum atomic E-state index is -0.529. The van der Waals surface area contributed by atoms with Gasteiger partial charge in [-0.3, -0.25) is 4.79 Å². The molecule has 0 aromatic carbocycles. The number of carbonyl (C=O) groups excluding carboxylic acids is 1. The van der Waals surface area contributed by atoms with Gasteiger partial charge in [0, 0.05) is 13.0 Å². The van der Waals surface area contributed by atoms with Crippen molar-refractivity contribution in [1.29, 1.82) is 0 Å². The van der Waals surface area contributed by atoms with E-state index in [2.05, 4.69) is 26.0 Å². The van der Waals surface area contributed by atoms with Gasteiger partial charge in [-0.1, -0.05) is 219 Å². The third-order valence-corrected chi connectivity index (χ3v) is 10.3. The molecule has 0 spiro atoms. The highest BCUT2D eigenvalue weighted by atomic mass is 16.6. The molecule has 0 saturated carbocycles. The topological polar surface area (TPSA) is 55.8 Å². The molecule has 0 fully saturated rings. The summed E-state index contributed by atoms with van der Waals surface area (Å²) in [5.41, 5.74) is 0. The first-order valence-electron chi connectivity index (χ1n) is 22.8. The van der Waals surface area contributed by atoms with Gasteiger partial charge in [-0.05, 0) is 38.5 Å².